The van der Waals surface area contributed by atoms with Crippen molar-refractivity contribution in [2.24, 2.45) is 5.92 Å². The van der Waals surface area contributed by atoms with Crippen LogP contribution >= 0.6 is 0 Å². The lowest BCUT2D eigenvalue weighted by Crippen LogP contribution is -2.48. The first-order chi connectivity index (χ1) is 10.3. The van der Waals surface area contributed by atoms with Crippen LogP contribution in [0.2, 0.25) is 0 Å². The first-order valence-electron chi connectivity index (χ1n) is 7.81. The van der Waals surface area contributed by atoms with Crippen molar-refractivity contribution in [3.8, 4) is 0 Å². The molecule has 1 aromatic rings. The Hall–Kier alpha value is -1.20. The van der Waals surface area contributed by atoms with Crippen LogP contribution in [0.15, 0.2) is 43.0 Å². The van der Waals surface area contributed by atoms with Crippen LogP contribution in [0.3, 0.4) is 0 Å². The maximum absolute atomic E-state index is 10.6. The van der Waals surface area contributed by atoms with Gasteiger partial charge in [0.15, 0.2) is 5.79 Å². The van der Waals surface area contributed by atoms with Crippen LogP contribution < -0.4 is 0 Å². The van der Waals surface area contributed by atoms with Gasteiger partial charge in [-0.05, 0) is 25.3 Å². The van der Waals surface area contributed by atoms with Gasteiger partial charge in [0.2, 0.25) is 0 Å². The second kappa shape index (κ2) is 6.92. The number of nitrogens with zero attached hydrogens (tertiary/aromatic N) is 1. The summed E-state index contributed by atoms with van der Waals surface area (Å²) >= 11 is 0. The van der Waals surface area contributed by atoms with E-state index in [9.17, 15) is 5.21 Å². The minimum Gasteiger partial charge on any atom is -0.342 e. The van der Waals surface area contributed by atoms with Gasteiger partial charge in [-0.3, -0.25) is 0 Å². The first-order valence-corrected chi connectivity index (χ1v) is 7.81. The molecule has 0 unspecified atom stereocenters. The van der Waals surface area contributed by atoms with Crippen molar-refractivity contribution in [2.75, 3.05) is 0 Å². The lowest BCUT2D eigenvalue weighted by Gasteiger charge is -2.34. The minimum absolute atomic E-state index is 0.176. The predicted molar refractivity (Wildman–Crippen MR) is 86.4 cm³/mol. The van der Waals surface area contributed by atoms with Crippen LogP contribution in [0.25, 0.3) is 0 Å². The first kappa shape index (κ1) is 17.2. The molecule has 122 valence electrons. The molecule has 0 bridgehead atoms. The number of hydroxylamine groups is 2. The topological polar surface area (TPSA) is 41.9 Å². The maximum Gasteiger partial charge on any atom is 0.164 e. The van der Waals surface area contributed by atoms with Gasteiger partial charge in [-0.1, -0.05) is 50.3 Å². The van der Waals surface area contributed by atoms with Crippen molar-refractivity contribution in [1.82, 2.24) is 5.06 Å². The summed E-state index contributed by atoms with van der Waals surface area (Å²) in [5, 5.41) is 12.0. The Morgan fingerprint density at radius 3 is 2.45 bits per heavy atom. The highest BCUT2D eigenvalue weighted by molar-refractivity contribution is 5.14. The lowest BCUT2D eigenvalue weighted by molar-refractivity contribution is -0.197. The van der Waals surface area contributed by atoms with Gasteiger partial charge in [-0.25, -0.2) is 0 Å². The van der Waals surface area contributed by atoms with Gasteiger partial charge in [-0.2, -0.15) is 5.06 Å². The highest BCUT2D eigenvalue weighted by atomic mass is 16.8. The molecule has 0 spiro atoms. The summed E-state index contributed by atoms with van der Waals surface area (Å²) < 4.78 is 11.9. The number of rotatable bonds is 6. The smallest absolute Gasteiger partial charge is 0.164 e. The van der Waals surface area contributed by atoms with Crippen molar-refractivity contribution in [1.29, 1.82) is 0 Å². The Kier molecular flexibility index (Phi) is 5.40. The molecule has 3 atom stereocenters. The van der Waals surface area contributed by atoms with Gasteiger partial charge in [0.05, 0.1) is 6.04 Å². The summed E-state index contributed by atoms with van der Waals surface area (Å²) in [4.78, 5) is 0. The highest BCUT2D eigenvalue weighted by Gasteiger charge is 2.46. The Morgan fingerprint density at radius 2 is 1.91 bits per heavy atom. The second-order valence-electron chi connectivity index (χ2n) is 6.62. The Balaban J connectivity index is 2.17. The summed E-state index contributed by atoms with van der Waals surface area (Å²) in [6.07, 6.45) is 1.28. The van der Waals surface area contributed by atoms with Crippen molar-refractivity contribution < 1.29 is 14.7 Å². The van der Waals surface area contributed by atoms with E-state index in [0.29, 0.717) is 6.54 Å². The molecule has 1 fully saturated rings. The van der Waals surface area contributed by atoms with E-state index in [1.807, 2.05) is 44.2 Å². The van der Waals surface area contributed by atoms with E-state index in [1.165, 1.54) is 5.06 Å². The monoisotopic (exact) mass is 305 g/mol. The average Bonchev–Trinajstić information content (AvgIpc) is 2.74. The van der Waals surface area contributed by atoms with Crippen LogP contribution in [-0.4, -0.2) is 34.3 Å². The number of hydrogen-bond acceptors (Lipinski definition) is 4. The molecule has 4 nitrogen and oxygen atoms in total. The zero-order valence-electron chi connectivity index (χ0n) is 13.9. The minimum atomic E-state index is -0.662. The Bertz CT molecular complexity index is 486. The molecular formula is C18H27NO3. The van der Waals surface area contributed by atoms with Crippen molar-refractivity contribution in [3.63, 3.8) is 0 Å². The average molecular weight is 305 g/mol. The van der Waals surface area contributed by atoms with Gasteiger partial charge in [0.1, 0.15) is 12.2 Å². The normalized spacial score (nSPS) is 25.6. The molecule has 1 N–H and O–H groups in total. The lowest BCUT2D eigenvalue weighted by atomic mass is 9.94. The summed E-state index contributed by atoms with van der Waals surface area (Å²) in [5.74, 6) is -0.455. The molecule has 1 aliphatic rings. The fourth-order valence-electron chi connectivity index (χ4n) is 3.03. The summed E-state index contributed by atoms with van der Waals surface area (Å²) in [7, 11) is 0. The molecule has 22 heavy (non-hydrogen) atoms. The molecule has 1 aliphatic heterocycles. The molecule has 1 heterocycles. The van der Waals surface area contributed by atoms with Gasteiger partial charge < -0.3 is 14.7 Å². The van der Waals surface area contributed by atoms with E-state index in [2.05, 4.69) is 20.4 Å². The maximum atomic E-state index is 10.6. The summed E-state index contributed by atoms with van der Waals surface area (Å²) in [5.41, 5.74) is 1.06. The zero-order valence-corrected chi connectivity index (χ0v) is 13.9. The van der Waals surface area contributed by atoms with E-state index >= 15 is 0 Å². The van der Waals surface area contributed by atoms with E-state index in [-0.39, 0.29) is 24.2 Å². The fraction of sp³-hybridized carbons (Fsp3) is 0.556. The van der Waals surface area contributed by atoms with Crippen molar-refractivity contribution in [3.05, 3.63) is 48.6 Å². The molecule has 0 amide bonds. The third kappa shape index (κ3) is 3.96. The molecule has 2 rings (SSSR count). The molecule has 1 saturated heterocycles. The van der Waals surface area contributed by atoms with E-state index in [4.69, 9.17) is 9.47 Å². The zero-order chi connectivity index (χ0) is 16.3. The molecule has 0 radical (unpaired) electrons. The van der Waals surface area contributed by atoms with Crippen molar-refractivity contribution >= 4 is 0 Å². The SMILES string of the molecule is C=C[C@H]1OC(C)(C)O[C@H]1[C@@H](C(C)C)N(O)Cc1ccccc1. The number of hydrogen-bond donors (Lipinski definition) is 1. The summed E-state index contributed by atoms with van der Waals surface area (Å²) in [6, 6.07) is 9.74. The van der Waals surface area contributed by atoms with Gasteiger partial charge in [0, 0.05) is 6.54 Å². The van der Waals surface area contributed by atoms with Crippen LogP contribution in [0.4, 0.5) is 0 Å². The third-order valence-corrected chi connectivity index (χ3v) is 3.95. The van der Waals surface area contributed by atoms with E-state index in [1.54, 1.807) is 6.08 Å². The molecular weight excluding hydrogens is 278 g/mol. The summed E-state index contributed by atoms with van der Waals surface area (Å²) in [6.45, 7) is 12.2. The molecule has 4 heteroatoms. The Labute approximate surface area is 133 Å². The van der Waals surface area contributed by atoms with E-state index < -0.39 is 5.79 Å². The Morgan fingerprint density at radius 1 is 1.27 bits per heavy atom. The van der Waals surface area contributed by atoms with Gasteiger partial charge in [-0.15, -0.1) is 6.58 Å². The molecule has 0 saturated carbocycles. The number of ether oxygens (including phenoxy) is 2. The van der Waals surface area contributed by atoms with Crippen LogP contribution in [0.5, 0.6) is 0 Å². The quantitative estimate of drug-likeness (QED) is 0.644. The third-order valence-electron chi connectivity index (χ3n) is 3.95. The molecule has 1 aromatic carbocycles. The van der Waals surface area contributed by atoms with Crippen molar-refractivity contribution in [2.45, 2.75) is 58.3 Å². The second-order valence-corrected chi connectivity index (χ2v) is 6.62. The van der Waals surface area contributed by atoms with E-state index in [0.717, 1.165) is 5.56 Å². The van der Waals surface area contributed by atoms with Crippen LogP contribution in [-0.2, 0) is 16.0 Å². The number of benzene rings is 1. The van der Waals surface area contributed by atoms with Crippen LogP contribution in [0.1, 0.15) is 33.3 Å². The predicted octanol–water partition coefficient (Wildman–Crippen LogP) is 3.61. The fourth-order valence-corrected chi connectivity index (χ4v) is 3.03. The van der Waals surface area contributed by atoms with Gasteiger partial charge >= 0.3 is 0 Å². The standard InChI is InChI=1S/C18H27NO3/c1-6-15-17(22-18(4,5)21-15)16(13(2)3)19(20)12-14-10-8-7-9-11-14/h6-11,13,15-17,20H,1,12H2,2-5H3/t15-,16-,17-/m1/s1. The molecule has 0 aromatic heterocycles. The van der Waals surface area contributed by atoms with Crippen LogP contribution in [0, 0.1) is 5.92 Å². The highest BCUT2D eigenvalue weighted by Crippen LogP contribution is 2.34. The molecule has 0 aliphatic carbocycles. The van der Waals surface area contributed by atoms with Gasteiger partial charge in [0.25, 0.3) is 0 Å². The largest absolute Gasteiger partial charge is 0.342 e.